The number of likely N-dealkylation sites (tertiary alicyclic amines) is 1. The maximum Gasteiger partial charge on any atom is 0.0679 e. The van der Waals surface area contributed by atoms with Gasteiger partial charge in [0.05, 0.1) is 12.2 Å². The molecule has 1 saturated heterocycles. The summed E-state index contributed by atoms with van der Waals surface area (Å²) in [6, 6.07) is 0.673. The molecule has 0 amide bonds. The predicted octanol–water partition coefficient (Wildman–Crippen LogP) is 1.88. The van der Waals surface area contributed by atoms with Crippen molar-refractivity contribution < 1.29 is 4.74 Å². The molecule has 1 rings (SSSR count). The lowest BCUT2D eigenvalue weighted by atomic mass is 9.92. The van der Waals surface area contributed by atoms with Crippen molar-refractivity contribution in [1.29, 1.82) is 0 Å². The van der Waals surface area contributed by atoms with E-state index in [4.69, 9.17) is 4.74 Å². The Bertz CT molecular complexity index is 186. The number of nitrogens with zero attached hydrogens (tertiary/aromatic N) is 1. The van der Waals surface area contributed by atoms with Gasteiger partial charge in [0.1, 0.15) is 0 Å². The molecule has 0 radical (unpaired) electrons. The summed E-state index contributed by atoms with van der Waals surface area (Å²) in [5.41, 5.74) is 0.112. The van der Waals surface area contributed by atoms with Gasteiger partial charge < -0.3 is 15.0 Å². The summed E-state index contributed by atoms with van der Waals surface area (Å²) < 4.78 is 6.01. The minimum absolute atomic E-state index is 0.112. The Labute approximate surface area is 101 Å². The summed E-state index contributed by atoms with van der Waals surface area (Å²) in [5, 5.41) is 3.30. The van der Waals surface area contributed by atoms with Crippen LogP contribution in [0.1, 0.15) is 40.5 Å². The van der Waals surface area contributed by atoms with Crippen LogP contribution in [0, 0.1) is 0 Å². The fraction of sp³-hybridized carbons (Fsp3) is 1.00. The molecule has 0 atom stereocenters. The Morgan fingerprint density at radius 1 is 1.31 bits per heavy atom. The Balaban J connectivity index is 2.21. The predicted molar refractivity (Wildman–Crippen MR) is 68.8 cm³/mol. The molecule has 1 heterocycles. The molecule has 96 valence electrons. The van der Waals surface area contributed by atoms with E-state index in [0.717, 1.165) is 32.5 Å². The zero-order valence-electron chi connectivity index (χ0n) is 11.4. The highest BCUT2D eigenvalue weighted by molar-refractivity contribution is 4.84. The van der Waals surface area contributed by atoms with Crippen molar-refractivity contribution in [3.63, 3.8) is 0 Å². The van der Waals surface area contributed by atoms with Crippen LogP contribution < -0.4 is 5.32 Å². The first-order valence-electron chi connectivity index (χ1n) is 6.66. The van der Waals surface area contributed by atoms with Gasteiger partial charge in [-0.15, -0.1) is 0 Å². The SMILES string of the molecule is CCNCCOC1(C)CCN(C(C)C)CC1. The Kier molecular flexibility index (Phi) is 5.73. The lowest BCUT2D eigenvalue weighted by molar-refractivity contribution is -0.0731. The molecule has 3 heteroatoms. The van der Waals surface area contributed by atoms with E-state index in [1.54, 1.807) is 0 Å². The minimum Gasteiger partial charge on any atom is -0.374 e. The molecule has 0 aromatic carbocycles. The number of nitrogens with one attached hydrogen (secondary N) is 1. The maximum absolute atomic E-state index is 6.01. The fourth-order valence-corrected chi connectivity index (χ4v) is 2.20. The molecular weight excluding hydrogens is 200 g/mol. The first-order chi connectivity index (χ1) is 7.57. The lowest BCUT2D eigenvalue weighted by Crippen LogP contribution is -2.47. The van der Waals surface area contributed by atoms with Crippen LogP contribution in [-0.2, 0) is 4.74 Å². The van der Waals surface area contributed by atoms with Crippen LogP contribution in [0.15, 0.2) is 0 Å². The van der Waals surface area contributed by atoms with E-state index >= 15 is 0 Å². The molecular formula is C13H28N2O. The molecule has 1 fully saturated rings. The van der Waals surface area contributed by atoms with E-state index in [1.165, 1.54) is 13.1 Å². The van der Waals surface area contributed by atoms with Crippen molar-refractivity contribution in [2.24, 2.45) is 0 Å². The number of piperidine rings is 1. The van der Waals surface area contributed by atoms with Crippen molar-refractivity contribution in [2.45, 2.75) is 52.2 Å². The van der Waals surface area contributed by atoms with E-state index in [2.05, 4.69) is 37.9 Å². The Morgan fingerprint density at radius 2 is 1.94 bits per heavy atom. The average Bonchev–Trinajstić information content (AvgIpc) is 2.25. The van der Waals surface area contributed by atoms with Gasteiger partial charge in [-0.1, -0.05) is 6.92 Å². The monoisotopic (exact) mass is 228 g/mol. The molecule has 0 aromatic rings. The second kappa shape index (κ2) is 6.58. The van der Waals surface area contributed by atoms with E-state index in [0.29, 0.717) is 6.04 Å². The highest BCUT2D eigenvalue weighted by Gasteiger charge is 2.31. The van der Waals surface area contributed by atoms with Gasteiger partial charge in [-0.2, -0.15) is 0 Å². The fourth-order valence-electron chi connectivity index (χ4n) is 2.20. The summed E-state index contributed by atoms with van der Waals surface area (Å²) in [6.07, 6.45) is 2.33. The van der Waals surface area contributed by atoms with E-state index in [1.807, 2.05) is 0 Å². The Morgan fingerprint density at radius 3 is 2.44 bits per heavy atom. The number of hydrogen-bond acceptors (Lipinski definition) is 3. The van der Waals surface area contributed by atoms with Gasteiger partial charge in [-0.05, 0) is 40.2 Å². The number of rotatable bonds is 6. The van der Waals surface area contributed by atoms with Gasteiger partial charge >= 0.3 is 0 Å². The molecule has 0 spiro atoms. The van der Waals surface area contributed by atoms with Gasteiger partial charge in [0.2, 0.25) is 0 Å². The molecule has 0 bridgehead atoms. The summed E-state index contributed by atoms with van der Waals surface area (Å²) in [6.45, 7) is 14.1. The van der Waals surface area contributed by atoms with Crippen LogP contribution >= 0.6 is 0 Å². The van der Waals surface area contributed by atoms with E-state index in [-0.39, 0.29) is 5.60 Å². The third kappa shape index (κ3) is 4.40. The quantitative estimate of drug-likeness (QED) is 0.703. The lowest BCUT2D eigenvalue weighted by Gasteiger charge is -2.41. The highest BCUT2D eigenvalue weighted by atomic mass is 16.5. The molecule has 0 aromatic heterocycles. The highest BCUT2D eigenvalue weighted by Crippen LogP contribution is 2.26. The van der Waals surface area contributed by atoms with Crippen molar-refractivity contribution >= 4 is 0 Å². The zero-order chi connectivity index (χ0) is 12.0. The summed E-state index contributed by atoms with van der Waals surface area (Å²) >= 11 is 0. The van der Waals surface area contributed by atoms with Crippen molar-refractivity contribution in [3.8, 4) is 0 Å². The normalized spacial score (nSPS) is 21.6. The van der Waals surface area contributed by atoms with Gasteiger partial charge in [0.15, 0.2) is 0 Å². The van der Waals surface area contributed by atoms with Crippen LogP contribution in [-0.4, -0.2) is 49.3 Å². The van der Waals surface area contributed by atoms with Crippen LogP contribution in [0.2, 0.25) is 0 Å². The largest absolute Gasteiger partial charge is 0.374 e. The summed E-state index contributed by atoms with van der Waals surface area (Å²) in [4.78, 5) is 2.54. The molecule has 1 N–H and O–H groups in total. The molecule has 1 aliphatic rings. The summed E-state index contributed by atoms with van der Waals surface area (Å²) in [7, 11) is 0. The topological polar surface area (TPSA) is 24.5 Å². The average molecular weight is 228 g/mol. The van der Waals surface area contributed by atoms with Crippen LogP contribution in [0.25, 0.3) is 0 Å². The van der Waals surface area contributed by atoms with Crippen molar-refractivity contribution in [2.75, 3.05) is 32.8 Å². The molecule has 3 nitrogen and oxygen atoms in total. The Hall–Kier alpha value is -0.120. The third-order valence-corrected chi connectivity index (χ3v) is 3.57. The minimum atomic E-state index is 0.112. The van der Waals surface area contributed by atoms with Crippen LogP contribution in [0.4, 0.5) is 0 Å². The molecule has 0 saturated carbocycles. The molecule has 16 heavy (non-hydrogen) atoms. The van der Waals surface area contributed by atoms with Crippen LogP contribution in [0.5, 0.6) is 0 Å². The second-order valence-electron chi connectivity index (χ2n) is 5.28. The van der Waals surface area contributed by atoms with Gasteiger partial charge in [-0.3, -0.25) is 0 Å². The molecule has 0 unspecified atom stereocenters. The first-order valence-corrected chi connectivity index (χ1v) is 6.66. The van der Waals surface area contributed by atoms with Crippen molar-refractivity contribution in [1.82, 2.24) is 10.2 Å². The second-order valence-corrected chi connectivity index (χ2v) is 5.28. The van der Waals surface area contributed by atoms with E-state index < -0.39 is 0 Å². The van der Waals surface area contributed by atoms with E-state index in [9.17, 15) is 0 Å². The smallest absolute Gasteiger partial charge is 0.0679 e. The maximum atomic E-state index is 6.01. The van der Waals surface area contributed by atoms with Crippen LogP contribution in [0.3, 0.4) is 0 Å². The zero-order valence-corrected chi connectivity index (χ0v) is 11.4. The number of hydrogen-bond donors (Lipinski definition) is 1. The summed E-state index contributed by atoms with van der Waals surface area (Å²) in [5.74, 6) is 0. The molecule has 1 aliphatic heterocycles. The molecule has 0 aliphatic carbocycles. The number of ether oxygens (including phenoxy) is 1. The van der Waals surface area contributed by atoms with Gasteiger partial charge in [0, 0.05) is 25.7 Å². The number of likely N-dealkylation sites (N-methyl/N-ethyl adjacent to an activating group) is 1. The first kappa shape index (κ1) is 13.9. The van der Waals surface area contributed by atoms with Gasteiger partial charge in [0.25, 0.3) is 0 Å². The van der Waals surface area contributed by atoms with Crippen molar-refractivity contribution in [3.05, 3.63) is 0 Å². The standard InChI is InChI=1S/C13H28N2O/c1-5-14-8-11-16-13(4)6-9-15(10-7-13)12(2)3/h12,14H,5-11H2,1-4H3. The third-order valence-electron chi connectivity index (χ3n) is 3.57. The van der Waals surface area contributed by atoms with Gasteiger partial charge in [-0.25, -0.2) is 0 Å².